The Bertz CT molecular complexity index is 2330. The van der Waals surface area contributed by atoms with Crippen molar-refractivity contribution < 1.29 is 26.8 Å². The van der Waals surface area contributed by atoms with Crippen LogP contribution in [0.25, 0.3) is 33.4 Å². The zero-order valence-corrected chi connectivity index (χ0v) is 29.3. The Balaban J connectivity index is 1.15. The number of likely N-dealkylation sites (N-methyl/N-ethyl adjacent to an activating group) is 2. The Kier molecular flexibility index (Phi) is 9.77. The number of nitrogens with one attached hydrogen (secondary N) is 2. The van der Waals surface area contributed by atoms with Crippen molar-refractivity contribution in [2.75, 3.05) is 93.6 Å². The van der Waals surface area contributed by atoms with Crippen LogP contribution < -0.4 is 31.3 Å². The van der Waals surface area contributed by atoms with Crippen LogP contribution >= 0.6 is 0 Å². The zero-order valence-electron chi connectivity index (χ0n) is 29.3. The van der Waals surface area contributed by atoms with Crippen LogP contribution in [0, 0.1) is 17.5 Å². The van der Waals surface area contributed by atoms with Crippen molar-refractivity contribution in [1.82, 2.24) is 34.1 Å². The predicted molar refractivity (Wildman–Crippen MR) is 191 cm³/mol. The zero-order chi connectivity index (χ0) is 37.6. The Hall–Kier alpha value is -5.56. The molecule has 280 valence electrons. The molecular weight excluding hydrogens is 702 g/mol. The molecule has 0 atom stereocenters. The average molecular weight is 740 g/mol. The van der Waals surface area contributed by atoms with Crippen LogP contribution in [0.1, 0.15) is 6.92 Å². The number of urea groups is 1. The molecule has 0 saturated carbocycles. The van der Waals surface area contributed by atoms with Gasteiger partial charge in [0.2, 0.25) is 10.9 Å². The van der Waals surface area contributed by atoms with E-state index in [0.29, 0.717) is 45.8 Å². The molecule has 4 aromatic heterocycles. The summed E-state index contributed by atoms with van der Waals surface area (Å²) in [6, 6.07) is 0.512. The smallest absolute Gasteiger partial charge is 0.327 e. The van der Waals surface area contributed by atoms with Crippen LogP contribution in [-0.2, 0) is 13.1 Å². The fraction of sp³-hybridized carbons (Fsp3) is 0.412. The number of aromatic nitrogens is 5. The van der Waals surface area contributed by atoms with Gasteiger partial charge in [0, 0.05) is 71.3 Å². The van der Waals surface area contributed by atoms with Gasteiger partial charge in [0.05, 0.1) is 22.8 Å². The summed E-state index contributed by atoms with van der Waals surface area (Å²) in [7, 11) is 3.88. The fourth-order valence-electron chi connectivity index (χ4n) is 6.70. The summed E-state index contributed by atoms with van der Waals surface area (Å²) >= 11 is 0. The lowest BCUT2D eigenvalue weighted by Crippen LogP contribution is -2.45. The number of benzene rings is 1. The second-order valence-electron chi connectivity index (χ2n) is 13.1. The van der Waals surface area contributed by atoms with Gasteiger partial charge in [0.15, 0.2) is 17.5 Å². The number of aryl methyl sites for hydroxylation is 2. The van der Waals surface area contributed by atoms with Crippen LogP contribution in [0.3, 0.4) is 0 Å². The van der Waals surface area contributed by atoms with E-state index in [2.05, 4.69) is 30.7 Å². The molecular formula is C34H37F4N11O4. The summed E-state index contributed by atoms with van der Waals surface area (Å²) in [5.74, 6) is -2.74. The topological polar surface area (TPSA) is 150 Å². The summed E-state index contributed by atoms with van der Waals surface area (Å²) in [5.41, 5.74) is -2.34. The number of hydrogen-bond acceptors (Lipinski definition) is 11. The lowest BCUT2D eigenvalue weighted by Gasteiger charge is -2.34. The van der Waals surface area contributed by atoms with E-state index < -0.39 is 58.1 Å². The summed E-state index contributed by atoms with van der Waals surface area (Å²) in [6.07, 6.45) is 2.53. The highest BCUT2D eigenvalue weighted by atomic mass is 19.1. The lowest BCUT2D eigenvalue weighted by atomic mass is 10.1. The number of halogens is 4. The third kappa shape index (κ3) is 6.76. The highest BCUT2D eigenvalue weighted by Gasteiger charge is 2.27. The molecule has 2 aliphatic rings. The van der Waals surface area contributed by atoms with Gasteiger partial charge in [-0.05, 0) is 33.2 Å². The molecule has 2 aliphatic heterocycles. The van der Waals surface area contributed by atoms with Gasteiger partial charge in [-0.2, -0.15) is 0 Å². The molecule has 2 amide bonds. The molecule has 0 aliphatic carbocycles. The third-order valence-corrected chi connectivity index (χ3v) is 9.63. The van der Waals surface area contributed by atoms with Crippen molar-refractivity contribution >= 4 is 51.2 Å². The number of fused-ring (bicyclic) bond motifs is 2. The van der Waals surface area contributed by atoms with E-state index in [9.17, 15) is 18.8 Å². The van der Waals surface area contributed by atoms with Gasteiger partial charge in [-0.25, -0.2) is 27.3 Å². The standard InChI is InChI=1S/C34H37F4N11O4/c1-4-46-17-21(28(50)20-16-23(37)31(40-30(20)46)48-13-9-45(3)10-14-48)32-42-43-34(53-32)41-33(52)39-24-18-49(6-5-35)26-19(29(24)51)15-22(36)27(25(26)38)47-11-7-44(2)8-12-47/h15-18H,4-14H2,1-3H3,(H2,39,41,43,52). The molecule has 2 fully saturated rings. The number of pyridine rings is 3. The van der Waals surface area contributed by atoms with E-state index in [0.717, 1.165) is 36.0 Å². The van der Waals surface area contributed by atoms with Gasteiger partial charge in [-0.15, -0.1) is 5.10 Å². The molecule has 2 saturated heterocycles. The highest BCUT2D eigenvalue weighted by Crippen LogP contribution is 2.32. The normalized spacial score (nSPS) is 15.8. The van der Waals surface area contributed by atoms with Crippen LogP contribution in [0.2, 0.25) is 0 Å². The van der Waals surface area contributed by atoms with Gasteiger partial charge < -0.3 is 38.5 Å². The third-order valence-electron chi connectivity index (χ3n) is 9.63. The largest absolute Gasteiger partial charge is 0.403 e. The van der Waals surface area contributed by atoms with Gasteiger partial charge in [0.1, 0.15) is 35.1 Å². The van der Waals surface area contributed by atoms with E-state index in [1.54, 1.807) is 9.47 Å². The second-order valence-corrected chi connectivity index (χ2v) is 13.1. The first kappa shape index (κ1) is 35.8. The molecule has 0 spiro atoms. The van der Waals surface area contributed by atoms with E-state index in [1.165, 1.54) is 6.20 Å². The monoisotopic (exact) mass is 739 g/mol. The van der Waals surface area contributed by atoms with E-state index in [1.807, 2.05) is 30.8 Å². The summed E-state index contributed by atoms with van der Waals surface area (Å²) < 4.78 is 68.6. The number of carbonyl (C=O) groups is 1. The SMILES string of the molecule is CCn1cc(-c2nnc(NC(=O)Nc3cn(CCF)c4c(F)c(N5CCN(C)CC5)c(F)cc4c3=O)o2)c(=O)c2cc(F)c(N3CCN(C)CC3)nc21. The second kappa shape index (κ2) is 14.5. The Morgan fingerprint density at radius 3 is 2.15 bits per heavy atom. The number of hydrogen-bond donors (Lipinski definition) is 2. The first-order chi connectivity index (χ1) is 25.5. The number of piperazine rings is 2. The molecule has 53 heavy (non-hydrogen) atoms. The Morgan fingerprint density at radius 2 is 1.49 bits per heavy atom. The van der Waals surface area contributed by atoms with Crippen molar-refractivity contribution in [3.8, 4) is 11.5 Å². The summed E-state index contributed by atoms with van der Waals surface area (Å²) in [4.78, 5) is 52.0. The molecule has 0 bridgehead atoms. The Labute approximate surface area is 299 Å². The first-order valence-corrected chi connectivity index (χ1v) is 17.1. The van der Waals surface area contributed by atoms with Crippen LogP contribution in [0.15, 0.2) is 38.5 Å². The molecule has 19 heteroatoms. The van der Waals surface area contributed by atoms with E-state index in [-0.39, 0.29) is 46.1 Å². The van der Waals surface area contributed by atoms with E-state index in [4.69, 9.17) is 4.42 Å². The number of anilines is 4. The van der Waals surface area contributed by atoms with Crippen LogP contribution in [0.4, 0.5) is 45.6 Å². The summed E-state index contributed by atoms with van der Waals surface area (Å²) in [6.45, 7) is 5.34. The quantitative estimate of drug-likeness (QED) is 0.226. The summed E-state index contributed by atoms with van der Waals surface area (Å²) in [5, 5.41) is 11.8. The maximum absolute atomic E-state index is 15.9. The minimum Gasteiger partial charge on any atom is -0.403 e. The number of alkyl halides is 1. The number of rotatable bonds is 8. The molecule has 2 N–H and O–H groups in total. The molecule has 0 unspecified atom stereocenters. The number of carbonyl (C=O) groups excluding carboxylic acids is 1. The van der Waals surface area contributed by atoms with Crippen molar-refractivity contribution in [2.24, 2.45) is 0 Å². The highest BCUT2D eigenvalue weighted by molar-refractivity contribution is 6.00. The van der Waals surface area contributed by atoms with Gasteiger partial charge in [0.25, 0.3) is 5.89 Å². The van der Waals surface area contributed by atoms with Crippen LogP contribution in [-0.4, -0.2) is 113 Å². The van der Waals surface area contributed by atoms with Crippen LogP contribution in [0.5, 0.6) is 0 Å². The van der Waals surface area contributed by atoms with Crippen molar-refractivity contribution in [3.05, 3.63) is 62.4 Å². The predicted octanol–water partition coefficient (Wildman–Crippen LogP) is 3.32. The molecule has 1 aromatic carbocycles. The van der Waals surface area contributed by atoms with Crippen molar-refractivity contribution in [1.29, 1.82) is 0 Å². The maximum Gasteiger partial charge on any atom is 0.327 e. The first-order valence-electron chi connectivity index (χ1n) is 17.1. The van der Waals surface area contributed by atoms with E-state index >= 15 is 13.2 Å². The molecule has 0 radical (unpaired) electrons. The minimum atomic E-state index is -1.05. The molecule has 7 rings (SSSR count). The van der Waals surface area contributed by atoms with Crippen molar-refractivity contribution in [3.63, 3.8) is 0 Å². The maximum atomic E-state index is 15.9. The number of nitrogens with zero attached hydrogens (tertiary/aromatic N) is 9. The molecule has 5 aromatic rings. The Morgan fingerprint density at radius 1 is 0.830 bits per heavy atom. The number of amides is 2. The van der Waals surface area contributed by atoms with Gasteiger partial charge in [-0.1, -0.05) is 5.10 Å². The average Bonchev–Trinajstić information content (AvgIpc) is 3.59. The molecule has 15 nitrogen and oxygen atoms in total. The minimum absolute atomic E-state index is 0.00503. The fourth-order valence-corrected chi connectivity index (χ4v) is 6.70. The molecule has 6 heterocycles. The van der Waals surface area contributed by atoms with Gasteiger partial charge >= 0.3 is 12.0 Å². The van der Waals surface area contributed by atoms with Crippen molar-refractivity contribution in [2.45, 2.75) is 20.0 Å². The van der Waals surface area contributed by atoms with Gasteiger partial charge in [-0.3, -0.25) is 14.9 Å². The lowest BCUT2D eigenvalue weighted by molar-refractivity contribution is 0.261.